The molecule has 0 unspecified atom stereocenters. The number of nitrogens with zero attached hydrogens (tertiary/aromatic N) is 1. The lowest BCUT2D eigenvalue weighted by Crippen LogP contribution is -2.49. The fourth-order valence-electron chi connectivity index (χ4n) is 3.79. The summed E-state index contributed by atoms with van der Waals surface area (Å²) in [7, 11) is -1.55. The minimum absolute atomic E-state index is 0.0492. The summed E-state index contributed by atoms with van der Waals surface area (Å²) in [5.74, 6) is 6.44. The Kier molecular flexibility index (Phi) is 6.87. The number of methoxy groups -OCH3 is 1. The van der Waals surface area contributed by atoms with Gasteiger partial charge in [-0.2, -0.15) is 0 Å². The number of amides is 1. The molecule has 1 amide bonds. The molecule has 0 aliphatic carbocycles. The predicted octanol–water partition coefficient (Wildman–Crippen LogP) is 2.85. The molecule has 7 nitrogen and oxygen atoms in total. The lowest BCUT2D eigenvalue weighted by molar-refractivity contribution is -0.137. The van der Waals surface area contributed by atoms with E-state index < -0.39 is 9.84 Å². The van der Waals surface area contributed by atoms with Crippen LogP contribution in [0.3, 0.4) is 0 Å². The molecule has 0 bridgehead atoms. The van der Waals surface area contributed by atoms with Crippen molar-refractivity contribution < 1.29 is 22.4 Å². The van der Waals surface area contributed by atoms with Gasteiger partial charge in [-0.3, -0.25) is 9.59 Å². The van der Waals surface area contributed by atoms with Gasteiger partial charge in [0.15, 0.2) is 15.3 Å². The van der Waals surface area contributed by atoms with E-state index in [4.69, 9.17) is 9.15 Å². The first-order chi connectivity index (χ1) is 16.2. The summed E-state index contributed by atoms with van der Waals surface area (Å²) >= 11 is 0. The van der Waals surface area contributed by atoms with Crippen molar-refractivity contribution in [2.24, 2.45) is 5.92 Å². The van der Waals surface area contributed by atoms with Crippen LogP contribution in [-0.4, -0.2) is 52.3 Å². The molecule has 1 aliphatic heterocycles. The van der Waals surface area contributed by atoms with Crippen molar-refractivity contribution in [2.45, 2.75) is 12.2 Å². The second kappa shape index (κ2) is 9.84. The van der Waals surface area contributed by atoms with Crippen LogP contribution < -0.4 is 5.43 Å². The molecule has 0 atom stereocenters. The van der Waals surface area contributed by atoms with Crippen LogP contribution in [0.15, 0.2) is 57.9 Å². The van der Waals surface area contributed by atoms with E-state index in [0.29, 0.717) is 53.8 Å². The Morgan fingerprint density at radius 2 is 1.91 bits per heavy atom. The molecule has 1 aromatic heterocycles. The molecule has 3 aromatic rings. The highest BCUT2D eigenvalue weighted by Crippen LogP contribution is 2.22. The number of carbonyl (C=O) groups excluding carboxylic acids is 1. The number of likely N-dealkylation sites (tertiary alicyclic amines) is 1. The van der Waals surface area contributed by atoms with Crippen molar-refractivity contribution in [3.63, 3.8) is 0 Å². The highest BCUT2D eigenvalue weighted by atomic mass is 32.2. The lowest BCUT2D eigenvalue weighted by Gasteiger charge is -2.36. The maximum Gasteiger partial charge on any atom is 0.224 e. The predicted molar refractivity (Wildman–Crippen MR) is 130 cm³/mol. The molecule has 2 heterocycles. The Morgan fingerprint density at radius 3 is 2.59 bits per heavy atom. The van der Waals surface area contributed by atoms with Gasteiger partial charge in [-0.05, 0) is 29.3 Å². The van der Waals surface area contributed by atoms with Crippen LogP contribution in [0.4, 0.5) is 0 Å². The van der Waals surface area contributed by atoms with Gasteiger partial charge in [-0.25, -0.2) is 8.42 Å². The zero-order chi connectivity index (χ0) is 24.3. The van der Waals surface area contributed by atoms with E-state index in [0.717, 1.165) is 5.56 Å². The van der Waals surface area contributed by atoms with Gasteiger partial charge >= 0.3 is 0 Å². The Hall–Kier alpha value is -3.41. The number of fused-ring (bicyclic) bond motifs is 1. The first kappa shape index (κ1) is 23.7. The van der Waals surface area contributed by atoms with Crippen LogP contribution >= 0.6 is 0 Å². The van der Waals surface area contributed by atoms with E-state index in [1.165, 1.54) is 12.5 Å². The average Bonchev–Trinajstić information content (AvgIpc) is 2.76. The van der Waals surface area contributed by atoms with Crippen molar-refractivity contribution in [3.05, 3.63) is 70.1 Å². The Bertz CT molecular complexity index is 1440. The molecular weight excluding hydrogens is 454 g/mol. The van der Waals surface area contributed by atoms with Crippen molar-refractivity contribution in [2.75, 3.05) is 33.1 Å². The summed E-state index contributed by atoms with van der Waals surface area (Å²) in [6, 6.07) is 12.1. The molecule has 2 aromatic carbocycles. The number of sulfone groups is 1. The van der Waals surface area contributed by atoms with Gasteiger partial charge < -0.3 is 14.1 Å². The molecule has 0 spiro atoms. The molecular formula is C26H25NO6S. The summed E-state index contributed by atoms with van der Waals surface area (Å²) in [4.78, 5) is 26.7. The van der Waals surface area contributed by atoms with Gasteiger partial charge in [0.05, 0.1) is 35.6 Å². The molecule has 8 heteroatoms. The lowest BCUT2D eigenvalue weighted by atomic mass is 9.99. The van der Waals surface area contributed by atoms with Crippen LogP contribution in [0.1, 0.15) is 17.5 Å². The molecule has 1 fully saturated rings. The minimum atomic E-state index is -3.13. The second-order valence-electron chi connectivity index (χ2n) is 8.46. The zero-order valence-electron chi connectivity index (χ0n) is 19.0. The Balaban J connectivity index is 1.47. The third kappa shape index (κ3) is 5.56. The largest absolute Gasteiger partial charge is 0.463 e. The van der Waals surface area contributed by atoms with Crippen molar-refractivity contribution in [1.29, 1.82) is 0 Å². The van der Waals surface area contributed by atoms with Gasteiger partial charge in [0.1, 0.15) is 11.8 Å². The van der Waals surface area contributed by atoms with Crippen LogP contribution in [0.2, 0.25) is 0 Å². The summed E-state index contributed by atoms with van der Waals surface area (Å²) in [6.45, 7) is 1.65. The van der Waals surface area contributed by atoms with Gasteiger partial charge in [-0.15, -0.1) is 0 Å². The second-order valence-corrected chi connectivity index (χ2v) is 10.6. The number of ether oxygens (including phenoxy) is 1. The van der Waals surface area contributed by atoms with Crippen LogP contribution in [-0.2, 0) is 25.1 Å². The third-order valence-electron chi connectivity index (χ3n) is 5.64. The smallest absolute Gasteiger partial charge is 0.224 e. The number of benzene rings is 2. The average molecular weight is 480 g/mol. The van der Waals surface area contributed by atoms with E-state index in [2.05, 4.69) is 11.8 Å². The normalized spacial score (nSPS) is 13.9. The first-order valence-corrected chi connectivity index (χ1v) is 12.9. The topological polar surface area (TPSA) is 93.9 Å². The molecule has 34 heavy (non-hydrogen) atoms. The van der Waals surface area contributed by atoms with Crippen molar-refractivity contribution >= 4 is 26.7 Å². The summed E-state index contributed by atoms with van der Waals surface area (Å²) in [5, 5.41) is 0.446. The van der Waals surface area contributed by atoms with Gasteiger partial charge in [0.25, 0.3) is 0 Å². The molecule has 176 valence electrons. The molecule has 0 radical (unpaired) electrons. The zero-order valence-corrected chi connectivity index (χ0v) is 19.9. The van der Waals surface area contributed by atoms with Crippen molar-refractivity contribution in [1.82, 2.24) is 4.90 Å². The highest BCUT2D eigenvalue weighted by molar-refractivity contribution is 7.89. The fraction of sp³-hybridized carbons (Fsp3) is 0.308. The minimum Gasteiger partial charge on any atom is -0.463 e. The van der Waals surface area contributed by atoms with E-state index in [1.54, 1.807) is 54.5 Å². The number of carbonyl (C=O) groups is 1. The highest BCUT2D eigenvalue weighted by Gasteiger charge is 2.28. The van der Waals surface area contributed by atoms with Gasteiger partial charge in [0, 0.05) is 32.0 Å². The third-order valence-corrected chi connectivity index (χ3v) is 6.50. The molecule has 4 rings (SSSR count). The van der Waals surface area contributed by atoms with E-state index in [9.17, 15) is 18.0 Å². The SMILES string of the molecule is COCCC(=O)N1CC(C#Cc2ccc3c(=O)c(-c4ccc(CS(C)(=O)=O)cc4)coc3c2)C1. The van der Waals surface area contributed by atoms with E-state index in [-0.39, 0.29) is 23.0 Å². The molecule has 1 saturated heterocycles. The monoisotopic (exact) mass is 479 g/mol. The quantitative estimate of drug-likeness (QED) is 0.505. The van der Waals surface area contributed by atoms with Crippen molar-refractivity contribution in [3.8, 4) is 23.0 Å². The number of hydrogen-bond donors (Lipinski definition) is 0. The van der Waals surface area contributed by atoms with E-state index in [1.807, 2.05) is 0 Å². The molecule has 1 aliphatic rings. The van der Waals surface area contributed by atoms with Crippen LogP contribution in [0.5, 0.6) is 0 Å². The standard InChI is InChI=1S/C26H25NO6S/c1-32-12-11-25(28)27-14-20(15-27)4-3-18-7-10-22-24(13-18)33-16-23(26(22)29)21-8-5-19(6-9-21)17-34(2,30)31/h5-10,13,16,20H,11-12,14-15,17H2,1-2H3. The Morgan fingerprint density at radius 1 is 1.18 bits per heavy atom. The van der Waals surface area contributed by atoms with Crippen LogP contribution in [0, 0.1) is 17.8 Å². The fourth-order valence-corrected chi connectivity index (χ4v) is 4.59. The van der Waals surface area contributed by atoms with Gasteiger partial charge in [0.2, 0.25) is 5.91 Å². The first-order valence-electron chi connectivity index (χ1n) is 10.8. The summed E-state index contributed by atoms with van der Waals surface area (Å²) in [6.07, 6.45) is 2.99. The maximum absolute atomic E-state index is 13.0. The van der Waals surface area contributed by atoms with Gasteiger partial charge in [-0.1, -0.05) is 36.1 Å². The van der Waals surface area contributed by atoms with Crippen LogP contribution in [0.25, 0.3) is 22.1 Å². The number of rotatable bonds is 6. The molecule has 0 saturated carbocycles. The maximum atomic E-state index is 13.0. The Labute approximate surface area is 198 Å². The van der Waals surface area contributed by atoms with E-state index >= 15 is 0 Å². The summed E-state index contributed by atoms with van der Waals surface area (Å²) < 4.78 is 33.6. The number of hydrogen-bond acceptors (Lipinski definition) is 6. The molecule has 0 N–H and O–H groups in total. The summed E-state index contributed by atoms with van der Waals surface area (Å²) in [5.41, 5.74) is 2.74.